The summed E-state index contributed by atoms with van der Waals surface area (Å²) in [6.07, 6.45) is 1.54. The van der Waals surface area contributed by atoms with E-state index >= 15 is 0 Å². The zero-order chi connectivity index (χ0) is 19.7. The number of imidazole rings is 1. The number of halogens is 1. The minimum Gasteiger partial charge on any atom is -0.335 e. The third-order valence-electron chi connectivity index (χ3n) is 5.17. The molecule has 1 atom stereocenters. The van der Waals surface area contributed by atoms with Crippen molar-refractivity contribution < 1.29 is 9.59 Å². The van der Waals surface area contributed by atoms with Gasteiger partial charge in [-0.05, 0) is 49.2 Å². The van der Waals surface area contributed by atoms with Gasteiger partial charge in [-0.1, -0.05) is 23.7 Å². The molecule has 1 aliphatic heterocycles. The third-order valence-corrected chi connectivity index (χ3v) is 5.42. The number of rotatable bonds is 3. The van der Waals surface area contributed by atoms with Gasteiger partial charge in [0.15, 0.2) is 5.82 Å². The molecule has 1 aromatic heterocycles. The second kappa shape index (κ2) is 7.64. The van der Waals surface area contributed by atoms with E-state index < -0.39 is 0 Å². The molecular weight excluding hydrogens is 376 g/mol. The zero-order valence-electron chi connectivity index (χ0n) is 15.6. The van der Waals surface area contributed by atoms with E-state index in [-0.39, 0.29) is 17.7 Å². The average Bonchev–Trinajstić information content (AvgIpc) is 3.06. The number of hydrogen-bond acceptors (Lipinski definition) is 3. The van der Waals surface area contributed by atoms with Gasteiger partial charge in [-0.3, -0.25) is 9.59 Å². The summed E-state index contributed by atoms with van der Waals surface area (Å²) in [6, 6.07) is 14.7. The number of para-hydroxylation sites is 2. The van der Waals surface area contributed by atoms with E-state index in [9.17, 15) is 9.59 Å². The van der Waals surface area contributed by atoms with Gasteiger partial charge in [0.1, 0.15) is 0 Å². The number of fused-ring (bicyclic) bond motifs is 1. The van der Waals surface area contributed by atoms with Gasteiger partial charge in [-0.25, -0.2) is 4.98 Å². The Balaban J connectivity index is 1.48. The fourth-order valence-electron chi connectivity index (χ4n) is 3.63. The second-order valence-corrected chi connectivity index (χ2v) is 7.51. The first-order valence-corrected chi connectivity index (χ1v) is 9.68. The monoisotopic (exact) mass is 396 g/mol. The molecule has 7 heteroatoms. The largest absolute Gasteiger partial charge is 0.335 e. The lowest BCUT2D eigenvalue weighted by molar-refractivity contribution is -0.121. The van der Waals surface area contributed by atoms with E-state index in [1.165, 1.54) is 0 Å². The predicted octanol–water partition coefficient (Wildman–Crippen LogP) is 3.72. The highest BCUT2D eigenvalue weighted by molar-refractivity contribution is 6.30. The van der Waals surface area contributed by atoms with E-state index in [1.807, 2.05) is 35.9 Å². The Kier molecular flexibility index (Phi) is 5.05. The second-order valence-electron chi connectivity index (χ2n) is 7.07. The Labute approximate surface area is 168 Å². The van der Waals surface area contributed by atoms with Crippen molar-refractivity contribution in [2.45, 2.75) is 12.8 Å². The molecule has 0 aliphatic carbocycles. The SMILES string of the molecule is Cn1c(C(=O)N2CCCC(C(=O)Nc3ccc(Cl)cc3)C2)nc2ccccc21. The topological polar surface area (TPSA) is 67.2 Å². The number of aryl methyl sites for hydroxylation is 1. The van der Waals surface area contributed by atoms with Crippen LogP contribution in [0.3, 0.4) is 0 Å². The summed E-state index contributed by atoms with van der Waals surface area (Å²) in [5.41, 5.74) is 2.41. The molecule has 4 rings (SSSR count). The van der Waals surface area contributed by atoms with Crippen molar-refractivity contribution in [2.24, 2.45) is 13.0 Å². The molecule has 1 saturated heterocycles. The van der Waals surface area contributed by atoms with Crippen molar-refractivity contribution in [1.82, 2.24) is 14.5 Å². The van der Waals surface area contributed by atoms with Crippen molar-refractivity contribution in [2.75, 3.05) is 18.4 Å². The van der Waals surface area contributed by atoms with Gasteiger partial charge < -0.3 is 14.8 Å². The van der Waals surface area contributed by atoms with Crippen LogP contribution >= 0.6 is 11.6 Å². The number of carbonyl (C=O) groups excluding carboxylic acids is 2. The molecule has 0 bridgehead atoms. The first-order chi connectivity index (χ1) is 13.5. The standard InChI is InChI=1S/C21H21ClN4O2/c1-25-18-7-3-2-6-17(18)24-19(25)21(28)26-12-4-5-14(13-26)20(27)23-16-10-8-15(22)9-11-16/h2-3,6-11,14H,4-5,12-13H2,1H3,(H,23,27). The van der Waals surface area contributed by atoms with Crippen LogP contribution in [-0.2, 0) is 11.8 Å². The van der Waals surface area contributed by atoms with Crippen molar-refractivity contribution in [1.29, 1.82) is 0 Å². The molecule has 1 fully saturated rings. The van der Waals surface area contributed by atoms with Gasteiger partial charge in [0.25, 0.3) is 5.91 Å². The Morgan fingerprint density at radius 3 is 2.64 bits per heavy atom. The first kappa shape index (κ1) is 18.5. The summed E-state index contributed by atoms with van der Waals surface area (Å²) < 4.78 is 1.81. The minimum atomic E-state index is -0.247. The summed E-state index contributed by atoms with van der Waals surface area (Å²) in [6.45, 7) is 1.02. The molecule has 2 amide bonds. The molecule has 144 valence electrons. The highest BCUT2D eigenvalue weighted by Gasteiger charge is 2.30. The number of hydrogen-bond donors (Lipinski definition) is 1. The van der Waals surface area contributed by atoms with Crippen molar-refractivity contribution >= 4 is 40.1 Å². The van der Waals surface area contributed by atoms with E-state index in [2.05, 4.69) is 10.3 Å². The average molecular weight is 397 g/mol. The molecule has 0 radical (unpaired) electrons. The van der Waals surface area contributed by atoms with Crippen LogP contribution in [0.4, 0.5) is 5.69 Å². The molecule has 6 nitrogen and oxygen atoms in total. The zero-order valence-corrected chi connectivity index (χ0v) is 16.3. The number of benzene rings is 2. The van der Waals surface area contributed by atoms with Crippen LogP contribution < -0.4 is 5.32 Å². The third kappa shape index (κ3) is 3.60. The first-order valence-electron chi connectivity index (χ1n) is 9.30. The summed E-state index contributed by atoms with van der Waals surface area (Å²) in [5.74, 6) is -0.0597. The Hall–Kier alpha value is -2.86. The maximum atomic E-state index is 13.1. The van der Waals surface area contributed by atoms with Gasteiger partial charge >= 0.3 is 0 Å². The molecule has 1 N–H and O–H groups in total. The fraction of sp³-hybridized carbons (Fsp3) is 0.286. The van der Waals surface area contributed by atoms with Gasteiger partial charge in [-0.2, -0.15) is 0 Å². The predicted molar refractivity (Wildman–Crippen MR) is 109 cm³/mol. The highest BCUT2D eigenvalue weighted by Crippen LogP contribution is 2.22. The molecule has 1 unspecified atom stereocenters. The van der Waals surface area contributed by atoms with Crippen LogP contribution in [0, 0.1) is 5.92 Å². The number of piperidine rings is 1. The van der Waals surface area contributed by atoms with Gasteiger partial charge in [0.2, 0.25) is 5.91 Å². The number of carbonyl (C=O) groups is 2. The summed E-state index contributed by atoms with van der Waals surface area (Å²) in [5, 5.41) is 3.53. The van der Waals surface area contributed by atoms with Gasteiger partial charge in [0, 0.05) is 30.8 Å². The van der Waals surface area contributed by atoms with E-state index in [1.54, 1.807) is 29.2 Å². The van der Waals surface area contributed by atoms with Gasteiger partial charge in [0.05, 0.1) is 17.0 Å². The number of aromatic nitrogens is 2. The van der Waals surface area contributed by atoms with Crippen LogP contribution in [-0.4, -0.2) is 39.4 Å². The number of nitrogens with zero attached hydrogens (tertiary/aromatic N) is 3. The maximum absolute atomic E-state index is 13.1. The quantitative estimate of drug-likeness (QED) is 0.733. The summed E-state index contributed by atoms with van der Waals surface area (Å²) in [4.78, 5) is 31.9. The fourth-order valence-corrected chi connectivity index (χ4v) is 3.76. The van der Waals surface area contributed by atoms with Crippen molar-refractivity contribution in [3.05, 3.63) is 59.4 Å². The van der Waals surface area contributed by atoms with Crippen LogP contribution in [0.2, 0.25) is 5.02 Å². The molecular formula is C21H21ClN4O2. The number of likely N-dealkylation sites (tertiary alicyclic amines) is 1. The van der Waals surface area contributed by atoms with E-state index in [4.69, 9.17) is 11.6 Å². The molecule has 0 saturated carbocycles. The lowest BCUT2D eigenvalue weighted by atomic mass is 9.97. The number of anilines is 1. The molecule has 2 aromatic carbocycles. The molecule has 28 heavy (non-hydrogen) atoms. The Bertz CT molecular complexity index is 1030. The van der Waals surface area contributed by atoms with Crippen LogP contribution in [0.25, 0.3) is 11.0 Å². The van der Waals surface area contributed by atoms with Crippen molar-refractivity contribution in [3.8, 4) is 0 Å². The lowest BCUT2D eigenvalue weighted by Crippen LogP contribution is -2.44. The summed E-state index contributed by atoms with van der Waals surface area (Å²) in [7, 11) is 1.84. The maximum Gasteiger partial charge on any atom is 0.289 e. The van der Waals surface area contributed by atoms with E-state index in [0.29, 0.717) is 29.6 Å². The highest BCUT2D eigenvalue weighted by atomic mass is 35.5. The van der Waals surface area contributed by atoms with Crippen molar-refractivity contribution in [3.63, 3.8) is 0 Å². The number of amides is 2. The van der Waals surface area contributed by atoms with Crippen LogP contribution in [0.1, 0.15) is 23.5 Å². The van der Waals surface area contributed by atoms with Crippen LogP contribution in [0.5, 0.6) is 0 Å². The molecule has 0 spiro atoms. The smallest absolute Gasteiger partial charge is 0.289 e. The molecule has 2 heterocycles. The Morgan fingerprint density at radius 1 is 1.14 bits per heavy atom. The normalized spacial score (nSPS) is 16.9. The minimum absolute atomic E-state index is 0.0789. The Morgan fingerprint density at radius 2 is 1.89 bits per heavy atom. The molecule has 3 aromatic rings. The van der Waals surface area contributed by atoms with Gasteiger partial charge in [-0.15, -0.1) is 0 Å². The lowest BCUT2D eigenvalue weighted by Gasteiger charge is -2.31. The summed E-state index contributed by atoms with van der Waals surface area (Å²) >= 11 is 5.89. The molecule has 1 aliphatic rings. The van der Waals surface area contributed by atoms with Crippen LogP contribution in [0.15, 0.2) is 48.5 Å². The number of nitrogens with one attached hydrogen (secondary N) is 1. The van der Waals surface area contributed by atoms with E-state index in [0.717, 1.165) is 23.9 Å².